The van der Waals surface area contributed by atoms with Crippen molar-refractivity contribution < 1.29 is 43.2 Å². The minimum Gasteiger partial charge on any atom is -0.504 e. The molecule has 0 saturated carbocycles. The van der Waals surface area contributed by atoms with Crippen LogP contribution in [-0.4, -0.2) is 90.5 Å². The number of ether oxygens (including phenoxy) is 4. The average Bonchev–Trinajstić information content (AvgIpc) is 3.20. The van der Waals surface area contributed by atoms with Crippen molar-refractivity contribution in [3.8, 4) is 34.4 Å². The van der Waals surface area contributed by atoms with Crippen molar-refractivity contribution in [1.82, 2.24) is 9.80 Å². The number of nitriles is 1. The molecule has 1 fully saturated rings. The molecule has 3 aromatic rings. The Morgan fingerprint density at radius 2 is 1.62 bits per heavy atom. The number of likely N-dealkylation sites (N-methyl/N-ethyl adjacent to an activating group) is 1. The van der Waals surface area contributed by atoms with E-state index in [1.54, 1.807) is 45.9 Å². The largest absolute Gasteiger partial charge is 0.504 e. The molecule has 3 heterocycles. The number of methoxy groups -OCH3 is 2. The SMILES string of the molecule is C/C=C(/C)C(=O)OC[C@H]1c2c(O)c(OC)c(C)c(OC(=O)c3ccc(-c4ccccc4)cc3)c2C[C@H]2[C@H]3C4=C(C[C@H]([C@H](C#N)N12)N3C)C(=O)C(C)=C(OC)C4=O. The fourth-order valence-corrected chi connectivity index (χ4v) is 8.91. The van der Waals surface area contributed by atoms with Crippen molar-refractivity contribution in [2.24, 2.45) is 0 Å². The van der Waals surface area contributed by atoms with Gasteiger partial charge in [0.25, 0.3) is 0 Å². The molecular formula is C44H43N3O9. The van der Waals surface area contributed by atoms with Crippen molar-refractivity contribution in [2.45, 2.75) is 70.7 Å². The second-order valence-corrected chi connectivity index (χ2v) is 14.5. The van der Waals surface area contributed by atoms with Crippen LogP contribution in [0.3, 0.4) is 0 Å². The Bertz CT molecular complexity index is 2300. The van der Waals surface area contributed by atoms with E-state index in [-0.39, 0.29) is 70.5 Å². The number of hydrogen-bond acceptors (Lipinski definition) is 12. The van der Waals surface area contributed by atoms with Gasteiger partial charge >= 0.3 is 11.9 Å². The second kappa shape index (κ2) is 14.9. The lowest BCUT2D eigenvalue weighted by Crippen LogP contribution is -2.72. The molecule has 1 saturated heterocycles. The van der Waals surface area contributed by atoms with Crippen LogP contribution in [0.25, 0.3) is 11.1 Å². The summed E-state index contributed by atoms with van der Waals surface area (Å²) in [5.41, 5.74) is 4.41. The lowest BCUT2D eigenvalue weighted by atomic mass is 9.69. The Morgan fingerprint density at radius 1 is 0.946 bits per heavy atom. The number of benzene rings is 3. The number of rotatable bonds is 8. The number of esters is 2. The van der Waals surface area contributed by atoms with Gasteiger partial charge < -0.3 is 24.1 Å². The van der Waals surface area contributed by atoms with Crippen LogP contribution in [0.15, 0.2) is 88.7 Å². The number of phenolic OH excluding ortho intramolecular Hbond substituents is 1. The molecule has 1 aliphatic carbocycles. The minimum atomic E-state index is -0.964. The van der Waals surface area contributed by atoms with Crippen LogP contribution in [0.4, 0.5) is 0 Å². The number of piperazine rings is 1. The molecule has 0 amide bonds. The monoisotopic (exact) mass is 757 g/mol. The lowest BCUT2D eigenvalue weighted by Gasteiger charge is -2.60. The molecule has 12 nitrogen and oxygen atoms in total. The summed E-state index contributed by atoms with van der Waals surface area (Å²) in [6, 6.07) is 15.4. The molecule has 7 rings (SSSR count). The predicted octanol–water partition coefficient (Wildman–Crippen LogP) is 5.72. The molecule has 5 atom stereocenters. The standard InChI is InChI=1S/C44H43N3O9/c1-8-22(2)43(51)55-21-33-34-29(19-31-36-35-28(37(48)23(3)41(53-6)39(35)50)18-30(46(36)5)32(20-45)47(31)33)40(24(4)42(54-7)38(34)49)56-44(52)27-16-14-26(15-17-27)25-12-10-9-11-13-25/h8-17,30-33,36,49H,18-19,21H2,1-7H3/b22-8-/t30-,31+,32+,33+,36+/m1/s1. The van der Waals surface area contributed by atoms with E-state index in [4.69, 9.17) is 18.9 Å². The number of aromatic hydroxyl groups is 1. The van der Waals surface area contributed by atoms with Crippen LogP contribution < -0.4 is 9.47 Å². The normalized spacial score (nSPS) is 23.5. The zero-order valence-corrected chi connectivity index (χ0v) is 32.3. The maximum absolute atomic E-state index is 14.2. The van der Waals surface area contributed by atoms with E-state index in [0.717, 1.165) is 11.1 Å². The molecule has 0 radical (unpaired) electrons. The summed E-state index contributed by atoms with van der Waals surface area (Å²) in [4.78, 5) is 59.1. The summed E-state index contributed by atoms with van der Waals surface area (Å²) in [6.07, 6.45) is 1.81. The van der Waals surface area contributed by atoms with Gasteiger partial charge in [-0.05, 0) is 70.8 Å². The first-order valence-electron chi connectivity index (χ1n) is 18.4. The van der Waals surface area contributed by atoms with Crippen LogP contribution in [0.2, 0.25) is 0 Å². The summed E-state index contributed by atoms with van der Waals surface area (Å²) in [6.45, 7) is 6.26. The molecule has 0 spiro atoms. The third-order valence-corrected chi connectivity index (χ3v) is 11.8. The van der Waals surface area contributed by atoms with Crippen molar-refractivity contribution in [1.29, 1.82) is 5.26 Å². The van der Waals surface area contributed by atoms with Gasteiger partial charge in [-0.2, -0.15) is 5.26 Å². The second-order valence-electron chi connectivity index (χ2n) is 14.5. The van der Waals surface area contributed by atoms with Gasteiger partial charge in [-0.25, -0.2) is 9.59 Å². The summed E-state index contributed by atoms with van der Waals surface area (Å²) in [7, 11) is 4.57. The fourth-order valence-electron chi connectivity index (χ4n) is 8.91. The Kier molecular flexibility index (Phi) is 10.2. The van der Waals surface area contributed by atoms with Crippen LogP contribution in [0.1, 0.15) is 60.3 Å². The number of ketones is 2. The van der Waals surface area contributed by atoms with Gasteiger partial charge in [-0.1, -0.05) is 48.5 Å². The van der Waals surface area contributed by atoms with Gasteiger partial charge in [-0.3, -0.25) is 19.4 Å². The summed E-state index contributed by atoms with van der Waals surface area (Å²) in [5, 5.41) is 22.9. The zero-order valence-electron chi connectivity index (χ0n) is 32.3. The topological polar surface area (TPSA) is 156 Å². The number of Topliss-reactive ketones (excluding diaryl/α,β-unsaturated/α-hetero) is 2. The minimum absolute atomic E-state index is 0.0378. The highest BCUT2D eigenvalue weighted by molar-refractivity contribution is 6.25. The molecule has 0 unspecified atom stereocenters. The number of hydrogen-bond donors (Lipinski definition) is 1. The lowest BCUT2D eigenvalue weighted by molar-refractivity contribution is -0.144. The quantitative estimate of drug-likeness (QED) is 0.129. The van der Waals surface area contributed by atoms with E-state index in [1.165, 1.54) is 14.2 Å². The predicted molar refractivity (Wildman–Crippen MR) is 205 cm³/mol. The number of fused-ring (bicyclic) bond motifs is 6. The van der Waals surface area contributed by atoms with E-state index < -0.39 is 47.9 Å². The summed E-state index contributed by atoms with van der Waals surface area (Å²) < 4.78 is 23.3. The Morgan fingerprint density at radius 3 is 2.25 bits per heavy atom. The number of allylic oxidation sites excluding steroid dienone is 3. The molecule has 0 aromatic heterocycles. The Balaban J connectivity index is 1.39. The highest BCUT2D eigenvalue weighted by Gasteiger charge is 2.59. The summed E-state index contributed by atoms with van der Waals surface area (Å²) in [5.74, 6) is -2.07. The number of carbonyl (C=O) groups excluding carboxylic acids is 4. The van der Waals surface area contributed by atoms with E-state index in [0.29, 0.717) is 22.3 Å². The molecule has 3 aromatic carbocycles. The van der Waals surface area contributed by atoms with Gasteiger partial charge in [0.05, 0.1) is 37.9 Å². The van der Waals surface area contributed by atoms with Crippen LogP contribution in [0.5, 0.6) is 17.2 Å². The number of carbonyl (C=O) groups is 4. The maximum atomic E-state index is 14.2. The van der Waals surface area contributed by atoms with E-state index in [2.05, 4.69) is 6.07 Å². The van der Waals surface area contributed by atoms with Crippen molar-refractivity contribution >= 4 is 23.5 Å². The van der Waals surface area contributed by atoms with Gasteiger partial charge in [0.15, 0.2) is 23.0 Å². The first kappa shape index (κ1) is 38.3. The molecule has 3 aliphatic heterocycles. The van der Waals surface area contributed by atoms with Crippen LogP contribution >= 0.6 is 0 Å². The molecule has 4 aliphatic rings. The average molecular weight is 758 g/mol. The first-order valence-corrected chi connectivity index (χ1v) is 18.4. The van der Waals surface area contributed by atoms with Crippen LogP contribution in [0, 0.1) is 18.3 Å². The number of phenols is 1. The smallest absolute Gasteiger partial charge is 0.343 e. The fraction of sp³-hybridized carbons (Fsp3) is 0.341. The third kappa shape index (κ3) is 5.99. The van der Waals surface area contributed by atoms with Crippen molar-refractivity contribution in [3.63, 3.8) is 0 Å². The molecule has 12 heteroatoms. The highest BCUT2D eigenvalue weighted by atomic mass is 16.5. The molecule has 56 heavy (non-hydrogen) atoms. The third-order valence-electron chi connectivity index (χ3n) is 11.8. The van der Waals surface area contributed by atoms with Crippen molar-refractivity contribution in [3.05, 3.63) is 111 Å². The van der Waals surface area contributed by atoms with Gasteiger partial charge in [-0.15, -0.1) is 0 Å². The maximum Gasteiger partial charge on any atom is 0.343 e. The van der Waals surface area contributed by atoms with E-state index >= 15 is 0 Å². The van der Waals surface area contributed by atoms with Gasteiger partial charge in [0, 0.05) is 51.1 Å². The molecule has 288 valence electrons. The summed E-state index contributed by atoms with van der Waals surface area (Å²) >= 11 is 0. The molecule has 1 N–H and O–H groups in total. The van der Waals surface area contributed by atoms with Crippen LogP contribution in [-0.2, 0) is 30.3 Å². The van der Waals surface area contributed by atoms with Gasteiger partial charge in [0.1, 0.15) is 18.4 Å². The van der Waals surface area contributed by atoms with Gasteiger partial charge in [0.2, 0.25) is 5.78 Å². The first-order chi connectivity index (χ1) is 26.9. The number of nitrogens with zero attached hydrogens (tertiary/aromatic N) is 3. The zero-order chi connectivity index (χ0) is 40.2. The Hall–Kier alpha value is -6.03. The molecular weight excluding hydrogens is 714 g/mol. The molecule has 2 bridgehead atoms. The van der Waals surface area contributed by atoms with E-state index in [9.17, 15) is 29.5 Å². The Labute approximate surface area is 325 Å². The van der Waals surface area contributed by atoms with Crippen molar-refractivity contribution in [2.75, 3.05) is 27.9 Å². The highest BCUT2D eigenvalue weighted by Crippen LogP contribution is 2.55. The van der Waals surface area contributed by atoms with E-state index in [1.807, 2.05) is 59.3 Å².